The second-order valence-electron chi connectivity index (χ2n) is 8.25. The lowest BCUT2D eigenvalue weighted by Crippen LogP contribution is -2.26. The number of benzene rings is 1. The van der Waals surface area contributed by atoms with Gasteiger partial charge in [0.05, 0.1) is 11.1 Å². The van der Waals surface area contributed by atoms with Crippen LogP contribution in [0.25, 0.3) is 5.57 Å². The first-order chi connectivity index (χ1) is 15.2. The summed E-state index contributed by atoms with van der Waals surface area (Å²) in [5, 5.41) is 0. The van der Waals surface area contributed by atoms with Gasteiger partial charge in [0.25, 0.3) is 0 Å². The zero-order chi connectivity index (χ0) is 22.7. The van der Waals surface area contributed by atoms with E-state index in [1.54, 1.807) is 25.1 Å². The number of alkyl halides is 2. The fourth-order valence-corrected chi connectivity index (χ4v) is 4.15. The van der Waals surface area contributed by atoms with Crippen LogP contribution in [-0.4, -0.2) is 22.8 Å². The highest BCUT2D eigenvalue weighted by molar-refractivity contribution is 6.22. The van der Waals surface area contributed by atoms with Crippen LogP contribution < -0.4 is 9.47 Å². The average Bonchev–Trinajstić information content (AvgIpc) is 3.48. The number of hydrogen-bond acceptors (Lipinski definition) is 5. The second kappa shape index (κ2) is 7.05. The van der Waals surface area contributed by atoms with Gasteiger partial charge in [-0.25, -0.2) is 4.39 Å². The summed E-state index contributed by atoms with van der Waals surface area (Å²) in [5.74, 6) is -1.01. The third kappa shape index (κ3) is 3.49. The van der Waals surface area contributed by atoms with Gasteiger partial charge in [-0.05, 0) is 61.2 Å². The van der Waals surface area contributed by atoms with Crippen LogP contribution in [0.1, 0.15) is 41.8 Å². The minimum Gasteiger partial charge on any atom is -0.395 e. The monoisotopic (exact) mass is 441 g/mol. The number of allylic oxidation sites excluding steroid dienone is 4. The minimum absolute atomic E-state index is 0.00231. The third-order valence-corrected chi connectivity index (χ3v) is 6.05. The molecule has 3 aliphatic rings. The Morgan fingerprint density at radius 2 is 1.88 bits per heavy atom. The number of rotatable bonds is 5. The number of hydrogen-bond donors (Lipinski definition) is 0. The van der Waals surface area contributed by atoms with Gasteiger partial charge < -0.3 is 9.47 Å². The van der Waals surface area contributed by atoms with Crippen LogP contribution in [0.2, 0.25) is 0 Å². The summed E-state index contributed by atoms with van der Waals surface area (Å²) in [6, 6.07) is 7.86. The molecule has 1 saturated carbocycles. The van der Waals surface area contributed by atoms with Crippen molar-refractivity contribution in [3.05, 3.63) is 70.8 Å². The van der Waals surface area contributed by atoms with Crippen LogP contribution in [0.3, 0.4) is 0 Å². The van der Waals surface area contributed by atoms with Crippen molar-refractivity contribution in [2.24, 2.45) is 0 Å². The molecule has 0 radical (unpaired) electrons. The lowest BCUT2D eigenvalue weighted by molar-refractivity contribution is -0.286. The molecule has 2 aliphatic carbocycles. The molecule has 2 aromatic rings. The van der Waals surface area contributed by atoms with Crippen molar-refractivity contribution in [1.82, 2.24) is 4.98 Å². The van der Waals surface area contributed by atoms with Gasteiger partial charge in [0.1, 0.15) is 11.6 Å². The van der Waals surface area contributed by atoms with Crippen molar-refractivity contribution < 1.29 is 32.2 Å². The Labute approximate surface area is 181 Å². The topological polar surface area (TPSA) is 65.5 Å². The molecular formula is C24H18F3NO4. The van der Waals surface area contributed by atoms with E-state index < -0.39 is 17.5 Å². The van der Waals surface area contributed by atoms with E-state index in [1.807, 2.05) is 0 Å². The Bertz CT molecular complexity index is 1230. The molecule has 0 bridgehead atoms. The Balaban J connectivity index is 1.40. The molecule has 1 aromatic heterocycles. The Morgan fingerprint density at radius 3 is 2.62 bits per heavy atom. The van der Waals surface area contributed by atoms with E-state index in [2.05, 4.69) is 14.5 Å². The van der Waals surface area contributed by atoms with E-state index in [0.717, 1.165) is 6.08 Å². The van der Waals surface area contributed by atoms with Gasteiger partial charge in [-0.1, -0.05) is 12.1 Å². The number of carbonyl (C=O) groups excluding carboxylic acids is 2. The van der Waals surface area contributed by atoms with Crippen molar-refractivity contribution >= 4 is 17.1 Å². The minimum atomic E-state index is -3.72. The molecule has 0 amide bonds. The van der Waals surface area contributed by atoms with Crippen LogP contribution in [0, 0.1) is 6.92 Å². The number of fused-ring (bicyclic) bond motifs is 1. The molecule has 0 atom stereocenters. The highest BCUT2D eigenvalue weighted by atomic mass is 19.3. The zero-order valence-electron chi connectivity index (χ0n) is 17.1. The van der Waals surface area contributed by atoms with Gasteiger partial charge in [0.2, 0.25) is 0 Å². The van der Waals surface area contributed by atoms with Gasteiger partial charge in [-0.3, -0.25) is 14.6 Å². The molecule has 5 nitrogen and oxygen atoms in total. The van der Waals surface area contributed by atoms with Crippen molar-refractivity contribution in [3.63, 3.8) is 0 Å². The van der Waals surface area contributed by atoms with Crippen LogP contribution in [0.5, 0.6) is 11.5 Å². The van der Waals surface area contributed by atoms with Crippen molar-refractivity contribution in [2.75, 3.05) is 0 Å². The van der Waals surface area contributed by atoms with Crippen molar-refractivity contribution in [3.8, 4) is 11.5 Å². The van der Waals surface area contributed by atoms with E-state index in [9.17, 15) is 22.8 Å². The summed E-state index contributed by atoms with van der Waals surface area (Å²) in [5.41, 5.74) is 1.50. The maximum atomic E-state index is 13.7. The number of Topliss-reactive ketones (excluding diaryl/α,β-unsaturated/α-hetero) is 2. The Morgan fingerprint density at radius 1 is 1.12 bits per heavy atom. The first-order valence-electron chi connectivity index (χ1n) is 10.2. The summed E-state index contributed by atoms with van der Waals surface area (Å²) < 4.78 is 49.3. The molecular weight excluding hydrogens is 423 g/mol. The molecule has 0 N–H and O–H groups in total. The van der Waals surface area contributed by atoms with Crippen LogP contribution in [-0.2, 0) is 21.4 Å². The smallest absolute Gasteiger partial charge is 0.395 e. The number of nitrogens with zero attached hydrogens (tertiary/aromatic N) is 1. The first-order valence-corrected chi connectivity index (χ1v) is 10.2. The number of aromatic nitrogens is 1. The van der Waals surface area contributed by atoms with Gasteiger partial charge >= 0.3 is 6.29 Å². The van der Waals surface area contributed by atoms with E-state index in [-0.39, 0.29) is 41.5 Å². The van der Waals surface area contributed by atoms with E-state index in [4.69, 9.17) is 0 Å². The lowest BCUT2D eigenvalue weighted by Gasteiger charge is -2.16. The van der Waals surface area contributed by atoms with Crippen LogP contribution in [0.4, 0.5) is 13.2 Å². The molecule has 32 heavy (non-hydrogen) atoms. The maximum absolute atomic E-state index is 13.7. The predicted molar refractivity (Wildman–Crippen MR) is 108 cm³/mol. The molecule has 5 rings (SSSR count). The molecule has 164 valence electrons. The van der Waals surface area contributed by atoms with Crippen molar-refractivity contribution in [2.45, 2.75) is 44.3 Å². The van der Waals surface area contributed by atoms with Crippen LogP contribution >= 0.6 is 0 Å². The molecule has 1 aromatic carbocycles. The van der Waals surface area contributed by atoms with Gasteiger partial charge in [-0.15, -0.1) is 8.78 Å². The number of pyridine rings is 1. The normalized spacial score (nSPS) is 19.9. The van der Waals surface area contributed by atoms with Gasteiger partial charge in [-0.2, -0.15) is 0 Å². The molecule has 1 aliphatic heterocycles. The molecule has 0 spiro atoms. The molecule has 8 heteroatoms. The van der Waals surface area contributed by atoms with E-state index >= 15 is 0 Å². The molecule has 2 heterocycles. The van der Waals surface area contributed by atoms with E-state index in [0.29, 0.717) is 35.4 Å². The third-order valence-electron chi connectivity index (χ3n) is 6.05. The Hall–Kier alpha value is -3.42. The van der Waals surface area contributed by atoms with Crippen LogP contribution in [0.15, 0.2) is 48.3 Å². The summed E-state index contributed by atoms with van der Waals surface area (Å²) >= 11 is 0. The van der Waals surface area contributed by atoms with E-state index in [1.165, 1.54) is 18.2 Å². The number of ether oxygens (including phenoxy) is 2. The fraction of sp³-hybridized carbons (Fsp3) is 0.292. The quantitative estimate of drug-likeness (QED) is 0.669. The zero-order valence-corrected chi connectivity index (χ0v) is 17.1. The first kappa shape index (κ1) is 20.5. The van der Waals surface area contributed by atoms with Crippen molar-refractivity contribution in [1.29, 1.82) is 0 Å². The fourth-order valence-electron chi connectivity index (χ4n) is 4.15. The maximum Gasteiger partial charge on any atom is 0.586 e. The number of ketones is 2. The average molecular weight is 441 g/mol. The molecule has 1 fully saturated rings. The predicted octanol–water partition coefficient (Wildman–Crippen LogP) is 4.76. The summed E-state index contributed by atoms with van der Waals surface area (Å²) in [6.45, 7) is 1.77. The second-order valence-corrected chi connectivity index (χ2v) is 8.25. The molecule has 0 saturated heterocycles. The van der Waals surface area contributed by atoms with Gasteiger partial charge in [0, 0.05) is 24.1 Å². The number of halogens is 3. The summed E-state index contributed by atoms with van der Waals surface area (Å²) in [7, 11) is 0. The molecule has 0 unspecified atom stereocenters. The highest BCUT2D eigenvalue weighted by Gasteiger charge is 2.52. The highest BCUT2D eigenvalue weighted by Crippen LogP contribution is 2.52. The lowest BCUT2D eigenvalue weighted by atomic mass is 9.88. The largest absolute Gasteiger partial charge is 0.586 e. The number of carbonyl (C=O) groups is 2. The standard InChI is InChI=1S/C24H18F3NO4/c1-13-2-5-16(28-22(13)17-11-15(25)4-6-18(17)29)12-21(30)23(8-9-23)14-3-7-19-20(10-14)32-24(26,27)31-19/h2-5,7,10-11H,6,8-9,12H2,1H3. The SMILES string of the molecule is Cc1ccc(CC(=O)C2(c3ccc4c(c3)OC(F)(F)O4)CC2)nc1C1=CC(F)=CCC1=O. The number of aryl methyl sites for hydroxylation is 1. The van der Waals surface area contributed by atoms with Gasteiger partial charge in [0.15, 0.2) is 17.3 Å². The summed E-state index contributed by atoms with van der Waals surface area (Å²) in [4.78, 5) is 29.9. The Kier molecular flexibility index (Phi) is 4.51. The summed E-state index contributed by atoms with van der Waals surface area (Å²) in [6.07, 6.45) is -0.208.